The Labute approximate surface area is 222 Å². The second-order valence-electron chi connectivity index (χ2n) is 9.88. The molecule has 200 valence electrons. The van der Waals surface area contributed by atoms with Crippen molar-refractivity contribution in [1.82, 2.24) is 24.3 Å². The molecular formula is C29H35N5O4. The number of fused-ring (bicyclic) bond motifs is 2. The molecule has 1 atom stereocenters. The van der Waals surface area contributed by atoms with Gasteiger partial charge in [-0.15, -0.1) is 0 Å². The topological polar surface area (TPSA) is 99.8 Å². The maximum Gasteiger partial charge on any atom is 0.338 e. The minimum Gasteiger partial charge on any atom is -0.482 e. The molecule has 9 nitrogen and oxygen atoms in total. The van der Waals surface area contributed by atoms with E-state index in [4.69, 9.17) is 19.4 Å². The number of esters is 1. The number of carbonyl (C=O) groups excluding carboxylic acids is 2. The van der Waals surface area contributed by atoms with Crippen molar-refractivity contribution >= 4 is 28.6 Å². The van der Waals surface area contributed by atoms with E-state index in [1.807, 2.05) is 24.3 Å². The zero-order valence-electron chi connectivity index (χ0n) is 22.5. The van der Waals surface area contributed by atoms with Crippen LogP contribution in [0.15, 0.2) is 30.3 Å². The van der Waals surface area contributed by atoms with Crippen LogP contribution in [0.4, 0.5) is 0 Å². The second kappa shape index (κ2) is 10.8. The summed E-state index contributed by atoms with van der Waals surface area (Å²) in [5.41, 5.74) is 5.42. The second-order valence-corrected chi connectivity index (χ2v) is 9.88. The number of nitrogens with zero attached hydrogens (tertiary/aromatic N) is 4. The molecule has 1 N–H and O–H groups in total. The number of hydrogen-bond acceptors (Lipinski definition) is 6. The van der Waals surface area contributed by atoms with Gasteiger partial charge in [0, 0.05) is 24.4 Å². The summed E-state index contributed by atoms with van der Waals surface area (Å²) < 4.78 is 15.0. The highest BCUT2D eigenvalue weighted by Gasteiger charge is 2.22. The molecule has 0 unspecified atom stereocenters. The first kappa shape index (κ1) is 25.8. The Morgan fingerprint density at radius 3 is 2.68 bits per heavy atom. The van der Waals surface area contributed by atoms with Crippen molar-refractivity contribution in [3.63, 3.8) is 0 Å². The first-order valence-electron chi connectivity index (χ1n) is 13.5. The third-order valence-corrected chi connectivity index (χ3v) is 7.25. The summed E-state index contributed by atoms with van der Waals surface area (Å²) in [6.07, 6.45) is 5.69. The molecule has 0 aromatic carbocycles. The van der Waals surface area contributed by atoms with Crippen LogP contribution in [0.2, 0.25) is 0 Å². The lowest BCUT2D eigenvalue weighted by Gasteiger charge is -2.16. The molecule has 0 spiro atoms. The number of rotatable bonds is 4. The maximum absolute atomic E-state index is 12.5. The number of pyridine rings is 2. The quantitative estimate of drug-likeness (QED) is 0.365. The van der Waals surface area contributed by atoms with Crippen LogP contribution < -0.4 is 10.1 Å². The molecule has 1 amide bonds. The maximum atomic E-state index is 12.5. The minimum absolute atomic E-state index is 0.0731. The Hall–Kier alpha value is -3.88. The summed E-state index contributed by atoms with van der Waals surface area (Å²) >= 11 is 0. The molecule has 1 aliphatic rings. The number of ether oxygens (including phenoxy) is 2. The average molecular weight is 518 g/mol. The molecule has 4 aromatic rings. The van der Waals surface area contributed by atoms with Gasteiger partial charge in [-0.3, -0.25) is 9.20 Å². The molecule has 5 heterocycles. The molecule has 38 heavy (non-hydrogen) atoms. The van der Waals surface area contributed by atoms with E-state index in [-0.39, 0.29) is 11.9 Å². The third kappa shape index (κ3) is 4.85. The van der Waals surface area contributed by atoms with Gasteiger partial charge in [-0.2, -0.15) is 0 Å². The van der Waals surface area contributed by atoms with Crippen molar-refractivity contribution in [2.24, 2.45) is 0 Å². The van der Waals surface area contributed by atoms with Crippen LogP contribution in [-0.2, 0) is 16.1 Å². The number of hydrogen-bond donors (Lipinski definition) is 1. The summed E-state index contributed by atoms with van der Waals surface area (Å²) in [7, 11) is 1.58. The molecule has 0 radical (unpaired) electrons. The van der Waals surface area contributed by atoms with Crippen molar-refractivity contribution in [3.05, 3.63) is 47.3 Å². The fraction of sp³-hybridized carbons (Fsp3) is 0.448. The van der Waals surface area contributed by atoms with Gasteiger partial charge in [-0.1, -0.05) is 19.3 Å². The molecule has 9 heteroatoms. The fourth-order valence-corrected chi connectivity index (χ4v) is 5.28. The smallest absolute Gasteiger partial charge is 0.338 e. The SMILES string of the molecule is CCOC(=O)c1cc(OC)n2c(C)c(-c3cc4ccc5nc4n3CCCCCCCC(=O)N[C@@H]5C)nc2c1. The van der Waals surface area contributed by atoms with Gasteiger partial charge >= 0.3 is 5.97 Å². The van der Waals surface area contributed by atoms with Crippen molar-refractivity contribution in [2.45, 2.75) is 71.9 Å². The van der Waals surface area contributed by atoms with Crippen molar-refractivity contribution in [2.75, 3.05) is 13.7 Å². The summed E-state index contributed by atoms with van der Waals surface area (Å²) in [4.78, 5) is 34.9. The van der Waals surface area contributed by atoms with E-state index >= 15 is 0 Å². The van der Waals surface area contributed by atoms with Crippen LogP contribution in [-0.4, -0.2) is 44.5 Å². The Morgan fingerprint density at radius 1 is 1.11 bits per heavy atom. The third-order valence-electron chi connectivity index (χ3n) is 7.25. The lowest BCUT2D eigenvalue weighted by molar-refractivity contribution is -0.121. The molecule has 0 saturated heterocycles. The zero-order chi connectivity index (χ0) is 26.8. The molecule has 1 aliphatic heterocycles. The summed E-state index contributed by atoms with van der Waals surface area (Å²) in [6.45, 7) is 6.87. The van der Waals surface area contributed by atoms with Crippen molar-refractivity contribution in [1.29, 1.82) is 0 Å². The Balaban J connectivity index is 1.65. The predicted octanol–water partition coefficient (Wildman–Crippen LogP) is 5.38. The Bertz CT molecular complexity index is 1500. The van der Waals surface area contributed by atoms with E-state index in [1.165, 1.54) is 0 Å². The number of imidazole rings is 1. The number of nitrogens with one attached hydrogen (secondary N) is 1. The highest BCUT2D eigenvalue weighted by atomic mass is 16.5. The van der Waals surface area contributed by atoms with Gasteiger partial charge in [0.15, 0.2) is 5.88 Å². The van der Waals surface area contributed by atoms with Crippen molar-refractivity contribution in [3.8, 4) is 17.3 Å². The average Bonchev–Trinajstić information content (AvgIpc) is 3.43. The number of aromatic nitrogens is 4. The van der Waals surface area contributed by atoms with Crippen LogP contribution in [0.1, 0.15) is 80.2 Å². The van der Waals surface area contributed by atoms with Gasteiger partial charge < -0.3 is 19.4 Å². The number of aryl methyl sites for hydroxylation is 2. The lowest BCUT2D eigenvalue weighted by Crippen LogP contribution is -2.27. The van der Waals surface area contributed by atoms with Crippen LogP contribution in [0.3, 0.4) is 0 Å². The molecule has 0 aliphatic carbocycles. The van der Waals surface area contributed by atoms with E-state index in [0.717, 1.165) is 72.5 Å². The molecule has 0 saturated carbocycles. The van der Waals surface area contributed by atoms with Gasteiger partial charge in [0.05, 0.1) is 42.4 Å². The van der Waals surface area contributed by atoms with E-state index in [9.17, 15) is 9.59 Å². The molecule has 4 aromatic heterocycles. The number of methoxy groups -OCH3 is 1. The van der Waals surface area contributed by atoms with Gasteiger partial charge in [0.2, 0.25) is 5.91 Å². The highest BCUT2D eigenvalue weighted by molar-refractivity contribution is 5.91. The largest absolute Gasteiger partial charge is 0.482 e. The molecular weight excluding hydrogens is 482 g/mol. The first-order valence-corrected chi connectivity index (χ1v) is 13.5. The molecule has 2 bridgehead atoms. The highest BCUT2D eigenvalue weighted by Crippen LogP contribution is 2.33. The van der Waals surface area contributed by atoms with Gasteiger partial charge in [-0.05, 0) is 57.9 Å². The predicted molar refractivity (Wildman–Crippen MR) is 145 cm³/mol. The minimum atomic E-state index is -0.407. The number of amides is 1. The lowest BCUT2D eigenvalue weighted by atomic mass is 10.1. The number of carbonyl (C=O) groups is 2. The van der Waals surface area contributed by atoms with E-state index in [0.29, 0.717) is 30.1 Å². The summed E-state index contributed by atoms with van der Waals surface area (Å²) in [6, 6.07) is 9.43. The van der Waals surface area contributed by atoms with Crippen LogP contribution >= 0.6 is 0 Å². The zero-order valence-corrected chi connectivity index (χ0v) is 22.5. The van der Waals surface area contributed by atoms with Gasteiger partial charge in [-0.25, -0.2) is 14.8 Å². The standard InChI is InChI=1S/C29H35N5O4/c1-5-38-29(36)21-16-24-32-27(19(3)34(24)26(17-21)37-4)23-15-20-12-13-22-18(2)30-25(35)11-9-7-6-8-10-14-33(23)28(20)31-22/h12-13,15-18H,5-11,14H2,1-4H3,(H,30,35)/t18-/m1/s1. The normalized spacial score (nSPS) is 16.9. The summed E-state index contributed by atoms with van der Waals surface area (Å²) in [5, 5.41) is 4.12. The Morgan fingerprint density at radius 2 is 1.89 bits per heavy atom. The van der Waals surface area contributed by atoms with E-state index in [1.54, 1.807) is 26.2 Å². The van der Waals surface area contributed by atoms with Gasteiger partial charge in [0.1, 0.15) is 17.0 Å². The van der Waals surface area contributed by atoms with Crippen LogP contribution in [0.25, 0.3) is 28.1 Å². The molecule has 0 fully saturated rings. The van der Waals surface area contributed by atoms with Crippen molar-refractivity contribution < 1.29 is 19.1 Å². The van der Waals surface area contributed by atoms with E-state index < -0.39 is 5.97 Å². The van der Waals surface area contributed by atoms with Crippen LogP contribution in [0, 0.1) is 6.92 Å². The first-order chi connectivity index (χ1) is 18.4. The van der Waals surface area contributed by atoms with Gasteiger partial charge in [0.25, 0.3) is 0 Å². The summed E-state index contributed by atoms with van der Waals surface area (Å²) in [5.74, 6) is 0.184. The van der Waals surface area contributed by atoms with Crippen LogP contribution in [0.5, 0.6) is 5.88 Å². The Kier molecular flexibility index (Phi) is 7.35. The monoisotopic (exact) mass is 517 g/mol. The van der Waals surface area contributed by atoms with E-state index in [2.05, 4.69) is 22.0 Å². The fourth-order valence-electron chi connectivity index (χ4n) is 5.28. The molecule has 5 rings (SSSR count).